The molecule has 0 bridgehead atoms. The second-order valence-corrected chi connectivity index (χ2v) is 6.58. The Morgan fingerprint density at radius 2 is 1.86 bits per heavy atom. The van der Waals surface area contributed by atoms with Crippen molar-refractivity contribution < 1.29 is 9.15 Å². The van der Waals surface area contributed by atoms with Gasteiger partial charge in [0.05, 0.1) is 6.54 Å². The van der Waals surface area contributed by atoms with Gasteiger partial charge in [-0.15, -0.1) is 0 Å². The van der Waals surface area contributed by atoms with E-state index in [1.165, 1.54) is 0 Å². The Morgan fingerprint density at radius 3 is 2.52 bits per heavy atom. The molecule has 1 heterocycles. The summed E-state index contributed by atoms with van der Waals surface area (Å²) in [5.74, 6) is 2.52. The molecule has 0 atom stereocenters. The van der Waals surface area contributed by atoms with Crippen molar-refractivity contribution in [2.24, 2.45) is 0 Å². The molecule has 0 spiro atoms. The summed E-state index contributed by atoms with van der Waals surface area (Å²) >= 11 is 5.99. The molecule has 0 amide bonds. The number of hydrogen-bond donors (Lipinski definition) is 1. The second-order valence-electron chi connectivity index (χ2n) is 6.17. The number of benzene rings is 1. The van der Waals surface area contributed by atoms with Gasteiger partial charge in [0.15, 0.2) is 0 Å². The van der Waals surface area contributed by atoms with Crippen molar-refractivity contribution in [1.82, 2.24) is 5.32 Å². The summed E-state index contributed by atoms with van der Waals surface area (Å²) in [6.45, 7) is 9.47. The number of furan rings is 1. The van der Waals surface area contributed by atoms with Gasteiger partial charge in [0.2, 0.25) is 0 Å². The van der Waals surface area contributed by atoms with E-state index in [1.54, 1.807) is 0 Å². The van der Waals surface area contributed by atoms with E-state index in [4.69, 9.17) is 20.8 Å². The first-order valence-corrected chi connectivity index (χ1v) is 7.43. The van der Waals surface area contributed by atoms with Crippen molar-refractivity contribution in [2.75, 3.05) is 0 Å². The lowest BCUT2D eigenvalue weighted by Crippen LogP contribution is -2.34. The fraction of sp³-hybridized carbons (Fsp3) is 0.412. The SMILES string of the molecule is Cc1cc(OCc2ccc(CNC(C)(C)C)o2)ccc1Cl. The Bertz CT molecular complexity index is 599. The predicted molar refractivity (Wildman–Crippen MR) is 85.8 cm³/mol. The third kappa shape index (κ3) is 5.10. The van der Waals surface area contributed by atoms with Gasteiger partial charge < -0.3 is 14.5 Å². The van der Waals surface area contributed by atoms with Gasteiger partial charge in [-0.1, -0.05) is 11.6 Å². The van der Waals surface area contributed by atoms with Gasteiger partial charge in [0, 0.05) is 10.6 Å². The normalized spacial score (nSPS) is 11.7. The maximum atomic E-state index is 5.99. The van der Waals surface area contributed by atoms with E-state index in [-0.39, 0.29) is 5.54 Å². The molecule has 0 aliphatic carbocycles. The molecule has 3 nitrogen and oxygen atoms in total. The number of ether oxygens (including phenoxy) is 1. The molecule has 1 aromatic heterocycles. The Balaban J connectivity index is 1.89. The minimum atomic E-state index is 0.0737. The van der Waals surface area contributed by atoms with Crippen LogP contribution in [-0.4, -0.2) is 5.54 Å². The largest absolute Gasteiger partial charge is 0.486 e. The Hall–Kier alpha value is -1.45. The van der Waals surface area contributed by atoms with Crippen LogP contribution in [0.25, 0.3) is 0 Å². The van der Waals surface area contributed by atoms with E-state index in [1.807, 2.05) is 37.3 Å². The molecule has 0 radical (unpaired) electrons. The monoisotopic (exact) mass is 307 g/mol. The number of halogens is 1. The molecule has 0 fully saturated rings. The van der Waals surface area contributed by atoms with Gasteiger partial charge in [0.25, 0.3) is 0 Å². The molecule has 2 rings (SSSR count). The molecule has 21 heavy (non-hydrogen) atoms. The summed E-state index contributed by atoms with van der Waals surface area (Å²) in [6, 6.07) is 9.55. The van der Waals surface area contributed by atoms with E-state index in [0.717, 1.165) is 27.9 Å². The van der Waals surface area contributed by atoms with E-state index >= 15 is 0 Å². The minimum Gasteiger partial charge on any atom is -0.486 e. The van der Waals surface area contributed by atoms with Crippen LogP contribution in [0.4, 0.5) is 0 Å². The average Bonchev–Trinajstić information content (AvgIpc) is 2.85. The minimum absolute atomic E-state index is 0.0737. The zero-order valence-corrected chi connectivity index (χ0v) is 13.8. The maximum absolute atomic E-state index is 5.99. The van der Waals surface area contributed by atoms with Crippen molar-refractivity contribution in [3.63, 3.8) is 0 Å². The summed E-state index contributed by atoms with van der Waals surface area (Å²) < 4.78 is 11.5. The molecule has 1 N–H and O–H groups in total. The van der Waals surface area contributed by atoms with Crippen molar-refractivity contribution >= 4 is 11.6 Å². The van der Waals surface area contributed by atoms with Gasteiger partial charge in [-0.25, -0.2) is 0 Å². The molecule has 0 aliphatic rings. The van der Waals surface area contributed by atoms with Crippen LogP contribution in [0.2, 0.25) is 5.02 Å². The second kappa shape index (κ2) is 6.54. The van der Waals surface area contributed by atoms with E-state index in [2.05, 4.69) is 26.1 Å². The molecule has 0 saturated carbocycles. The van der Waals surface area contributed by atoms with Crippen LogP contribution >= 0.6 is 11.6 Å². The standard InChI is InChI=1S/C17H22ClNO2/c1-12-9-13(7-8-16(12)18)20-11-15-6-5-14(21-15)10-19-17(2,3)4/h5-9,19H,10-11H2,1-4H3. The number of aryl methyl sites for hydroxylation is 1. The highest BCUT2D eigenvalue weighted by Crippen LogP contribution is 2.22. The van der Waals surface area contributed by atoms with Gasteiger partial charge in [-0.05, 0) is 63.6 Å². The highest BCUT2D eigenvalue weighted by atomic mass is 35.5. The van der Waals surface area contributed by atoms with Crippen LogP contribution in [0, 0.1) is 6.92 Å². The van der Waals surface area contributed by atoms with E-state index in [0.29, 0.717) is 13.2 Å². The van der Waals surface area contributed by atoms with E-state index < -0.39 is 0 Å². The Labute approximate surface area is 131 Å². The Morgan fingerprint density at radius 1 is 1.14 bits per heavy atom. The molecule has 1 aromatic carbocycles. The van der Waals surface area contributed by atoms with Crippen LogP contribution in [0.15, 0.2) is 34.7 Å². The van der Waals surface area contributed by atoms with Crippen molar-refractivity contribution in [3.8, 4) is 5.75 Å². The van der Waals surface area contributed by atoms with Crippen molar-refractivity contribution in [1.29, 1.82) is 0 Å². The van der Waals surface area contributed by atoms with Gasteiger partial charge in [-0.2, -0.15) is 0 Å². The third-order valence-electron chi connectivity index (χ3n) is 3.02. The van der Waals surface area contributed by atoms with Crippen LogP contribution in [0.1, 0.15) is 37.9 Å². The first-order chi connectivity index (χ1) is 9.83. The molecule has 114 valence electrons. The molecule has 0 unspecified atom stereocenters. The van der Waals surface area contributed by atoms with Crippen LogP contribution in [0.3, 0.4) is 0 Å². The zero-order valence-electron chi connectivity index (χ0n) is 13.0. The van der Waals surface area contributed by atoms with Crippen LogP contribution in [-0.2, 0) is 13.2 Å². The molecule has 4 heteroatoms. The third-order valence-corrected chi connectivity index (χ3v) is 3.44. The van der Waals surface area contributed by atoms with Gasteiger partial charge in [0.1, 0.15) is 23.9 Å². The van der Waals surface area contributed by atoms with E-state index in [9.17, 15) is 0 Å². The summed E-state index contributed by atoms with van der Waals surface area (Å²) in [7, 11) is 0. The fourth-order valence-corrected chi connectivity index (χ4v) is 1.93. The molecule has 2 aromatic rings. The number of rotatable bonds is 5. The number of hydrogen-bond acceptors (Lipinski definition) is 3. The lowest BCUT2D eigenvalue weighted by molar-refractivity contribution is 0.263. The molecular weight excluding hydrogens is 286 g/mol. The van der Waals surface area contributed by atoms with Crippen molar-refractivity contribution in [2.45, 2.75) is 46.4 Å². The first kappa shape index (κ1) is 15.9. The number of nitrogens with one attached hydrogen (secondary N) is 1. The molecular formula is C17H22ClNO2. The quantitative estimate of drug-likeness (QED) is 0.868. The lowest BCUT2D eigenvalue weighted by Gasteiger charge is -2.19. The topological polar surface area (TPSA) is 34.4 Å². The summed E-state index contributed by atoms with van der Waals surface area (Å²) in [5.41, 5.74) is 1.08. The average molecular weight is 308 g/mol. The summed E-state index contributed by atoms with van der Waals surface area (Å²) in [4.78, 5) is 0. The zero-order chi connectivity index (χ0) is 15.5. The fourth-order valence-electron chi connectivity index (χ4n) is 1.81. The lowest BCUT2D eigenvalue weighted by atomic mass is 10.1. The molecule has 0 saturated heterocycles. The van der Waals surface area contributed by atoms with Crippen molar-refractivity contribution in [3.05, 3.63) is 52.4 Å². The predicted octanol–water partition coefficient (Wildman–Crippen LogP) is 4.71. The van der Waals surface area contributed by atoms with Gasteiger partial charge >= 0.3 is 0 Å². The smallest absolute Gasteiger partial charge is 0.146 e. The first-order valence-electron chi connectivity index (χ1n) is 7.05. The molecule has 0 aliphatic heterocycles. The van der Waals surface area contributed by atoms with Gasteiger partial charge in [-0.3, -0.25) is 0 Å². The van der Waals surface area contributed by atoms with Crippen LogP contribution < -0.4 is 10.1 Å². The highest BCUT2D eigenvalue weighted by molar-refractivity contribution is 6.31. The highest BCUT2D eigenvalue weighted by Gasteiger charge is 2.10. The van der Waals surface area contributed by atoms with Crippen LogP contribution in [0.5, 0.6) is 5.75 Å². The maximum Gasteiger partial charge on any atom is 0.146 e. The Kier molecular flexibility index (Phi) is 4.96. The summed E-state index contributed by atoms with van der Waals surface area (Å²) in [6.07, 6.45) is 0. The summed E-state index contributed by atoms with van der Waals surface area (Å²) in [5, 5.41) is 4.14.